The molecule has 4 rings (SSSR count). The van der Waals surface area contributed by atoms with E-state index in [1.165, 1.54) is 6.07 Å². The van der Waals surface area contributed by atoms with Crippen LogP contribution in [0.2, 0.25) is 0 Å². The Morgan fingerprint density at radius 3 is 2.31 bits per heavy atom. The van der Waals surface area contributed by atoms with Crippen LogP contribution < -0.4 is 4.74 Å². The molecule has 1 aliphatic heterocycles. The fourth-order valence-electron chi connectivity index (χ4n) is 4.15. The average molecular weight is 485 g/mol. The van der Waals surface area contributed by atoms with E-state index < -0.39 is 18.3 Å². The van der Waals surface area contributed by atoms with E-state index in [1.807, 2.05) is 36.7 Å². The molecule has 184 valence electrons. The highest BCUT2D eigenvalue weighted by Gasteiger charge is 2.21. The van der Waals surface area contributed by atoms with Gasteiger partial charge >= 0.3 is 6.01 Å². The number of halogens is 3. The fraction of sp³-hybridized carbons (Fsp3) is 0.346. The Morgan fingerprint density at radius 2 is 1.69 bits per heavy atom. The van der Waals surface area contributed by atoms with E-state index >= 15 is 0 Å². The van der Waals surface area contributed by atoms with Gasteiger partial charge < -0.3 is 9.57 Å². The van der Waals surface area contributed by atoms with E-state index in [4.69, 9.17) is 9.57 Å². The van der Waals surface area contributed by atoms with Gasteiger partial charge in [-0.1, -0.05) is 29.4 Å². The summed E-state index contributed by atoms with van der Waals surface area (Å²) < 4.78 is 44.7. The molecule has 2 heterocycles. The number of nitrogens with zero attached hydrogens (tertiary/aromatic N) is 4. The van der Waals surface area contributed by atoms with Gasteiger partial charge in [0.25, 0.3) is 0 Å². The molecule has 0 unspecified atom stereocenters. The van der Waals surface area contributed by atoms with Crippen LogP contribution in [0.25, 0.3) is 0 Å². The van der Waals surface area contributed by atoms with Crippen molar-refractivity contribution in [1.29, 1.82) is 0 Å². The molecule has 0 amide bonds. The lowest BCUT2D eigenvalue weighted by Gasteiger charge is -2.32. The largest absolute Gasteiger partial charge is 0.467 e. The lowest BCUT2D eigenvalue weighted by molar-refractivity contribution is 0.128. The molecule has 2 aromatic carbocycles. The van der Waals surface area contributed by atoms with Gasteiger partial charge in [-0.3, -0.25) is 4.90 Å². The molecule has 1 aromatic heterocycles. The summed E-state index contributed by atoms with van der Waals surface area (Å²) in [5.74, 6) is -1.50. The molecule has 0 radical (unpaired) electrons. The van der Waals surface area contributed by atoms with Crippen LogP contribution in [-0.2, 0) is 11.4 Å². The number of oxime groups is 1. The van der Waals surface area contributed by atoms with Crippen molar-refractivity contribution in [3.05, 3.63) is 88.7 Å². The molecule has 1 saturated heterocycles. The average Bonchev–Trinajstić information content (AvgIpc) is 2.90. The first-order valence-corrected chi connectivity index (χ1v) is 11.5. The van der Waals surface area contributed by atoms with Crippen molar-refractivity contribution in [1.82, 2.24) is 14.9 Å². The van der Waals surface area contributed by atoms with Crippen LogP contribution in [0.4, 0.5) is 13.2 Å². The van der Waals surface area contributed by atoms with Gasteiger partial charge in [0.2, 0.25) is 0 Å². The van der Waals surface area contributed by atoms with Crippen molar-refractivity contribution < 1.29 is 22.7 Å². The summed E-state index contributed by atoms with van der Waals surface area (Å²) in [5.41, 5.74) is 3.58. The van der Waals surface area contributed by atoms with Crippen molar-refractivity contribution in [2.75, 3.05) is 33.5 Å². The Balaban J connectivity index is 1.40. The number of hydrogen-bond acceptors (Lipinski definition) is 6. The second-order valence-corrected chi connectivity index (χ2v) is 8.34. The first-order valence-electron chi connectivity index (χ1n) is 11.5. The lowest BCUT2D eigenvalue weighted by atomic mass is 9.91. The zero-order valence-corrected chi connectivity index (χ0v) is 19.5. The van der Waals surface area contributed by atoms with Crippen LogP contribution in [0.3, 0.4) is 0 Å². The normalized spacial score (nSPS) is 15.3. The van der Waals surface area contributed by atoms with E-state index in [0.717, 1.165) is 55.7 Å². The standard InChI is InChI=1S/C26H27F3N4O2/c1-34-26-30-15-22(16-31-26)19-8-11-33(12-9-19)17-18-2-4-20(5-3-18)25(32-35-13-10-27)21-6-7-23(28)24(29)14-21/h2-7,14-16,19H,8-13,17H2,1H3. The first-order chi connectivity index (χ1) is 17.1. The zero-order valence-electron chi connectivity index (χ0n) is 19.5. The second-order valence-electron chi connectivity index (χ2n) is 8.34. The molecule has 3 aromatic rings. The van der Waals surface area contributed by atoms with Gasteiger partial charge in [-0.25, -0.2) is 23.1 Å². The molecule has 9 heteroatoms. The van der Waals surface area contributed by atoms with Crippen LogP contribution in [-0.4, -0.2) is 54.1 Å². The summed E-state index contributed by atoms with van der Waals surface area (Å²) in [5, 5.41) is 3.98. The van der Waals surface area contributed by atoms with Gasteiger partial charge in [0.15, 0.2) is 11.6 Å². The van der Waals surface area contributed by atoms with Crippen molar-refractivity contribution in [2.45, 2.75) is 25.3 Å². The number of alkyl halides is 1. The Kier molecular flexibility index (Phi) is 8.31. The van der Waals surface area contributed by atoms with Gasteiger partial charge in [0.1, 0.15) is 19.0 Å². The molecule has 0 bridgehead atoms. The molecule has 0 spiro atoms. The predicted molar refractivity (Wildman–Crippen MR) is 126 cm³/mol. The number of methoxy groups -OCH3 is 1. The number of ether oxygens (including phenoxy) is 1. The van der Waals surface area contributed by atoms with E-state index in [9.17, 15) is 13.2 Å². The second kappa shape index (κ2) is 11.8. The van der Waals surface area contributed by atoms with Gasteiger partial charge in [0, 0.05) is 30.1 Å². The highest BCUT2D eigenvalue weighted by Crippen LogP contribution is 2.28. The van der Waals surface area contributed by atoms with E-state index in [0.29, 0.717) is 28.8 Å². The van der Waals surface area contributed by atoms with E-state index in [-0.39, 0.29) is 6.61 Å². The maximum absolute atomic E-state index is 13.8. The predicted octanol–water partition coefficient (Wildman–Crippen LogP) is 4.88. The molecular weight excluding hydrogens is 457 g/mol. The molecule has 1 fully saturated rings. The number of rotatable bonds is 9. The lowest BCUT2D eigenvalue weighted by Crippen LogP contribution is -2.32. The molecule has 6 nitrogen and oxygen atoms in total. The third-order valence-corrected chi connectivity index (χ3v) is 6.04. The maximum atomic E-state index is 13.8. The summed E-state index contributed by atoms with van der Waals surface area (Å²) in [6, 6.07) is 11.5. The van der Waals surface area contributed by atoms with Crippen LogP contribution in [0, 0.1) is 11.6 Å². The minimum atomic E-state index is -0.984. The third-order valence-electron chi connectivity index (χ3n) is 6.04. The highest BCUT2D eigenvalue weighted by molar-refractivity contribution is 6.12. The summed E-state index contributed by atoms with van der Waals surface area (Å²) in [4.78, 5) is 15.8. The quantitative estimate of drug-likeness (QED) is 0.246. The van der Waals surface area contributed by atoms with Gasteiger partial charge in [-0.15, -0.1) is 0 Å². The minimum absolute atomic E-state index is 0.218. The van der Waals surface area contributed by atoms with E-state index in [1.54, 1.807) is 7.11 Å². The summed E-state index contributed by atoms with van der Waals surface area (Å²) in [6.07, 6.45) is 5.72. The molecule has 0 saturated carbocycles. The van der Waals surface area contributed by atoms with Gasteiger partial charge in [0.05, 0.1) is 7.11 Å². The highest BCUT2D eigenvalue weighted by atomic mass is 19.2. The van der Waals surface area contributed by atoms with Crippen molar-refractivity contribution in [3.8, 4) is 6.01 Å². The SMILES string of the molecule is COc1ncc(C2CCN(Cc3ccc(C(=NOCCF)c4ccc(F)c(F)c4)cc3)CC2)cn1. The summed E-state index contributed by atoms with van der Waals surface area (Å²) >= 11 is 0. The molecule has 1 aliphatic rings. The van der Waals surface area contributed by atoms with Crippen molar-refractivity contribution in [3.63, 3.8) is 0 Å². The topological polar surface area (TPSA) is 59.8 Å². The monoisotopic (exact) mass is 484 g/mol. The Morgan fingerprint density at radius 1 is 1.00 bits per heavy atom. The Labute approximate surface area is 202 Å². The Hall–Kier alpha value is -3.46. The van der Waals surface area contributed by atoms with Crippen LogP contribution >= 0.6 is 0 Å². The van der Waals surface area contributed by atoms with Crippen molar-refractivity contribution in [2.24, 2.45) is 5.16 Å². The molecule has 0 aliphatic carbocycles. The van der Waals surface area contributed by atoms with Gasteiger partial charge in [-0.05, 0) is 61.2 Å². The number of aromatic nitrogens is 2. The number of piperidine rings is 1. The van der Waals surface area contributed by atoms with Crippen molar-refractivity contribution >= 4 is 5.71 Å². The molecule has 0 atom stereocenters. The maximum Gasteiger partial charge on any atom is 0.316 e. The summed E-state index contributed by atoms with van der Waals surface area (Å²) in [7, 11) is 1.55. The smallest absolute Gasteiger partial charge is 0.316 e. The first kappa shape index (κ1) is 24.7. The Bertz CT molecular complexity index is 1130. The zero-order chi connectivity index (χ0) is 24.6. The third kappa shape index (κ3) is 6.36. The van der Waals surface area contributed by atoms with Crippen LogP contribution in [0.15, 0.2) is 60.0 Å². The van der Waals surface area contributed by atoms with Crippen LogP contribution in [0.5, 0.6) is 6.01 Å². The number of hydrogen-bond donors (Lipinski definition) is 0. The molecule has 0 N–H and O–H groups in total. The minimum Gasteiger partial charge on any atom is -0.467 e. The van der Waals surface area contributed by atoms with Crippen LogP contribution in [0.1, 0.15) is 41.0 Å². The number of benzene rings is 2. The summed E-state index contributed by atoms with van der Waals surface area (Å²) in [6.45, 7) is 1.79. The molecular formula is C26H27F3N4O2. The molecule has 35 heavy (non-hydrogen) atoms. The number of likely N-dealkylation sites (tertiary alicyclic amines) is 1. The van der Waals surface area contributed by atoms with Gasteiger partial charge in [-0.2, -0.15) is 0 Å². The fourth-order valence-corrected chi connectivity index (χ4v) is 4.15. The van der Waals surface area contributed by atoms with E-state index in [2.05, 4.69) is 20.0 Å².